The standard InChI is InChI=1S/C18H19NO3/c1-9-4-2-3-5-14(9)19-17(20)15-10-6-7-11(13-8-12(10)13)16(15)18(21)22/h2-7,10-13,15-16H,8H2,1H3,(H,19,20)(H,21,22)/t10-,11-,12+,13-,15-,16-/m0/s1. The normalized spacial score (nSPS) is 37.5. The molecule has 22 heavy (non-hydrogen) atoms. The van der Waals surface area contributed by atoms with Gasteiger partial charge in [0.15, 0.2) is 0 Å². The van der Waals surface area contributed by atoms with E-state index in [1.165, 1.54) is 0 Å². The summed E-state index contributed by atoms with van der Waals surface area (Å²) in [4.78, 5) is 24.5. The van der Waals surface area contributed by atoms with Crippen molar-refractivity contribution in [2.45, 2.75) is 13.3 Å². The van der Waals surface area contributed by atoms with E-state index in [1.807, 2.05) is 37.3 Å². The minimum Gasteiger partial charge on any atom is -0.481 e. The highest BCUT2D eigenvalue weighted by molar-refractivity contribution is 5.96. The predicted octanol–water partition coefficient (Wildman–Crippen LogP) is 2.70. The molecule has 4 aliphatic rings. The smallest absolute Gasteiger partial charge is 0.307 e. The van der Waals surface area contributed by atoms with Gasteiger partial charge in [0.05, 0.1) is 11.8 Å². The lowest BCUT2D eigenvalue weighted by Gasteiger charge is -2.41. The molecule has 2 saturated carbocycles. The summed E-state index contributed by atoms with van der Waals surface area (Å²) in [6.45, 7) is 1.94. The van der Waals surface area contributed by atoms with Crippen molar-refractivity contribution in [2.24, 2.45) is 35.5 Å². The van der Waals surface area contributed by atoms with Gasteiger partial charge in [0.1, 0.15) is 0 Å². The monoisotopic (exact) mass is 297 g/mol. The van der Waals surface area contributed by atoms with Crippen molar-refractivity contribution < 1.29 is 14.7 Å². The van der Waals surface area contributed by atoms with Crippen LogP contribution in [0.3, 0.4) is 0 Å². The van der Waals surface area contributed by atoms with Crippen molar-refractivity contribution in [2.75, 3.05) is 5.32 Å². The van der Waals surface area contributed by atoms with Crippen LogP contribution in [0, 0.1) is 42.4 Å². The highest BCUT2D eigenvalue weighted by atomic mass is 16.4. The Labute approximate surface area is 129 Å². The molecule has 4 nitrogen and oxygen atoms in total. The second-order valence-corrected chi connectivity index (χ2v) is 6.80. The van der Waals surface area contributed by atoms with Crippen molar-refractivity contribution >= 4 is 17.6 Å². The van der Waals surface area contributed by atoms with Crippen LogP contribution in [-0.4, -0.2) is 17.0 Å². The van der Waals surface area contributed by atoms with Crippen molar-refractivity contribution in [3.05, 3.63) is 42.0 Å². The number of allylic oxidation sites excluding steroid dienone is 2. The van der Waals surface area contributed by atoms with E-state index < -0.39 is 17.8 Å². The van der Waals surface area contributed by atoms with Crippen LogP contribution < -0.4 is 5.32 Å². The lowest BCUT2D eigenvalue weighted by molar-refractivity contribution is -0.152. The Morgan fingerprint density at radius 3 is 2.36 bits per heavy atom. The number of nitrogens with one attached hydrogen (secondary N) is 1. The first-order chi connectivity index (χ1) is 10.6. The van der Waals surface area contributed by atoms with Gasteiger partial charge in [-0.1, -0.05) is 30.4 Å². The van der Waals surface area contributed by atoms with Crippen LogP contribution in [0.5, 0.6) is 0 Å². The Morgan fingerprint density at radius 1 is 1.09 bits per heavy atom. The quantitative estimate of drug-likeness (QED) is 0.843. The zero-order valence-electron chi connectivity index (χ0n) is 12.4. The summed E-state index contributed by atoms with van der Waals surface area (Å²) in [6.07, 6.45) is 5.19. The summed E-state index contributed by atoms with van der Waals surface area (Å²) in [5.41, 5.74) is 1.76. The Morgan fingerprint density at radius 2 is 1.73 bits per heavy atom. The van der Waals surface area contributed by atoms with Crippen LogP contribution in [0.4, 0.5) is 5.69 Å². The van der Waals surface area contributed by atoms with Crippen LogP contribution in [0.15, 0.2) is 36.4 Å². The summed E-state index contributed by atoms with van der Waals surface area (Å²) >= 11 is 0. The van der Waals surface area contributed by atoms with Crippen molar-refractivity contribution in [1.82, 2.24) is 0 Å². The van der Waals surface area contributed by atoms with Gasteiger partial charge in [-0.25, -0.2) is 0 Å². The first kappa shape index (κ1) is 13.6. The summed E-state index contributed by atoms with van der Waals surface area (Å²) < 4.78 is 0. The maximum Gasteiger partial charge on any atom is 0.307 e. The van der Waals surface area contributed by atoms with E-state index in [9.17, 15) is 14.7 Å². The first-order valence-corrected chi connectivity index (χ1v) is 7.85. The predicted molar refractivity (Wildman–Crippen MR) is 82.1 cm³/mol. The summed E-state index contributed by atoms with van der Waals surface area (Å²) in [6, 6.07) is 7.60. The molecule has 4 aliphatic carbocycles. The Kier molecular flexibility index (Phi) is 2.90. The molecule has 2 fully saturated rings. The zero-order chi connectivity index (χ0) is 15.4. The molecule has 6 atom stereocenters. The van der Waals surface area contributed by atoms with Crippen molar-refractivity contribution in [1.29, 1.82) is 0 Å². The second kappa shape index (κ2) is 4.70. The van der Waals surface area contributed by atoms with E-state index >= 15 is 0 Å². The molecule has 1 amide bonds. The second-order valence-electron chi connectivity index (χ2n) is 6.80. The number of amides is 1. The Balaban J connectivity index is 1.63. The molecule has 2 N–H and O–H groups in total. The first-order valence-electron chi connectivity index (χ1n) is 7.85. The third-order valence-corrected chi connectivity index (χ3v) is 5.64. The number of carbonyl (C=O) groups excluding carboxylic acids is 1. The highest BCUT2D eigenvalue weighted by Gasteiger charge is 2.62. The molecule has 2 bridgehead atoms. The van der Waals surface area contributed by atoms with Crippen LogP contribution in [0.1, 0.15) is 12.0 Å². The fourth-order valence-electron chi connectivity index (χ4n) is 4.50. The highest BCUT2D eigenvalue weighted by Crippen LogP contribution is 2.63. The number of aryl methyl sites for hydroxylation is 1. The molecule has 0 unspecified atom stereocenters. The molecular formula is C18H19NO3. The van der Waals surface area contributed by atoms with Gasteiger partial charge in [-0.05, 0) is 48.6 Å². The number of aliphatic carboxylic acids is 1. The number of hydrogen-bond acceptors (Lipinski definition) is 2. The molecule has 5 rings (SSSR count). The summed E-state index contributed by atoms with van der Waals surface area (Å²) in [7, 11) is 0. The van der Waals surface area contributed by atoms with Crippen molar-refractivity contribution in [3.63, 3.8) is 0 Å². The molecule has 0 saturated heterocycles. The molecule has 1 aromatic carbocycles. The number of benzene rings is 1. The number of carboxylic acid groups (broad SMARTS) is 1. The SMILES string of the molecule is Cc1ccccc1NC(=O)[C@H]1[C@H]2C=C[C@@H]([C@@H]3C[C@H]23)[C@@H]1C(=O)O. The van der Waals surface area contributed by atoms with Crippen LogP contribution in [-0.2, 0) is 9.59 Å². The lowest BCUT2D eigenvalue weighted by atomic mass is 9.62. The molecule has 4 heteroatoms. The van der Waals surface area contributed by atoms with Crippen molar-refractivity contribution in [3.8, 4) is 0 Å². The molecule has 0 spiro atoms. The maximum absolute atomic E-state index is 12.8. The van der Waals surface area contributed by atoms with Gasteiger partial charge in [-0.3, -0.25) is 9.59 Å². The van der Waals surface area contributed by atoms with Gasteiger partial charge in [0.25, 0.3) is 0 Å². The molecular weight excluding hydrogens is 278 g/mol. The minimum atomic E-state index is -0.838. The Hall–Kier alpha value is -2.10. The third-order valence-electron chi connectivity index (χ3n) is 5.64. The molecule has 0 heterocycles. The zero-order valence-corrected chi connectivity index (χ0v) is 12.4. The number of fused-ring (bicyclic) bond motifs is 1. The summed E-state index contributed by atoms with van der Waals surface area (Å²) in [5, 5.41) is 12.6. The topological polar surface area (TPSA) is 66.4 Å². The van der Waals surface area contributed by atoms with E-state index in [-0.39, 0.29) is 17.7 Å². The average Bonchev–Trinajstić information content (AvgIpc) is 3.30. The molecule has 0 radical (unpaired) electrons. The van der Waals surface area contributed by atoms with Gasteiger partial charge in [-0.15, -0.1) is 0 Å². The Bertz CT molecular complexity index is 681. The minimum absolute atomic E-state index is 0.0279. The summed E-state index contributed by atoms with van der Waals surface area (Å²) in [5.74, 6) is -0.906. The van der Waals surface area contributed by atoms with E-state index in [1.54, 1.807) is 0 Å². The van der Waals surface area contributed by atoms with Gasteiger partial charge in [0, 0.05) is 5.69 Å². The van der Waals surface area contributed by atoms with Gasteiger partial charge < -0.3 is 10.4 Å². The number of hydrogen-bond donors (Lipinski definition) is 2. The molecule has 1 aromatic rings. The number of rotatable bonds is 3. The molecule has 0 aliphatic heterocycles. The average molecular weight is 297 g/mol. The maximum atomic E-state index is 12.8. The van der Waals surface area contributed by atoms with E-state index in [0.29, 0.717) is 11.8 Å². The van der Waals surface area contributed by atoms with E-state index in [2.05, 4.69) is 11.4 Å². The number of anilines is 1. The van der Waals surface area contributed by atoms with Crippen LogP contribution in [0.2, 0.25) is 0 Å². The van der Waals surface area contributed by atoms with Gasteiger partial charge >= 0.3 is 5.97 Å². The van der Waals surface area contributed by atoms with Crippen LogP contribution >= 0.6 is 0 Å². The number of carbonyl (C=O) groups is 2. The molecule has 114 valence electrons. The largest absolute Gasteiger partial charge is 0.481 e. The molecule has 0 aromatic heterocycles. The van der Waals surface area contributed by atoms with E-state index in [4.69, 9.17) is 0 Å². The third kappa shape index (κ3) is 1.90. The fourth-order valence-corrected chi connectivity index (χ4v) is 4.50. The van der Waals surface area contributed by atoms with E-state index in [0.717, 1.165) is 17.7 Å². The number of para-hydroxylation sites is 1. The van der Waals surface area contributed by atoms with Crippen LogP contribution in [0.25, 0.3) is 0 Å². The van der Waals surface area contributed by atoms with Gasteiger partial charge in [-0.2, -0.15) is 0 Å². The number of carboxylic acids is 1. The lowest BCUT2D eigenvalue weighted by Crippen LogP contribution is -2.48. The fraction of sp³-hybridized carbons (Fsp3) is 0.444. The van der Waals surface area contributed by atoms with Gasteiger partial charge in [0.2, 0.25) is 5.91 Å².